The number of carbonyl (C=O) groups is 1. The lowest BCUT2D eigenvalue weighted by Crippen LogP contribution is -2.46. The standard InChI is InChI=1S/C17H23N3O2/c1-17(2,3)22-16(21)20(10-9-18)15-12-19-11-14(15)13-7-5-4-6-8-13/h4-8,14-15,19H,10-12H2,1-3H3. The molecule has 1 aromatic carbocycles. The largest absolute Gasteiger partial charge is 0.444 e. The summed E-state index contributed by atoms with van der Waals surface area (Å²) in [5.41, 5.74) is 0.600. The number of nitrogens with one attached hydrogen (secondary N) is 1. The number of ether oxygens (including phenoxy) is 1. The van der Waals surface area contributed by atoms with Gasteiger partial charge in [-0.25, -0.2) is 4.79 Å². The van der Waals surface area contributed by atoms with Crippen LogP contribution >= 0.6 is 0 Å². The summed E-state index contributed by atoms with van der Waals surface area (Å²) in [6.45, 7) is 6.98. The number of hydrogen-bond acceptors (Lipinski definition) is 4. The monoisotopic (exact) mass is 301 g/mol. The van der Waals surface area contributed by atoms with E-state index < -0.39 is 11.7 Å². The van der Waals surface area contributed by atoms with Crippen LogP contribution in [0.1, 0.15) is 32.3 Å². The van der Waals surface area contributed by atoms with Crippen LogP contribution in [0, 0.1) is 11.3 Å². The lowest BCUT2D eigenvalue weighted by atomic mass is 9.93. The smallest absolute Gasteiger partial charge is 0.411 e. The van der Waals surface area contributed by atoms with Crippen LogP contribution in [0.4, 0.5) is 4.79 Å². The molecule has 118 valence electrons. The van der Waals surface area contributed by atoms with E-state index in [0.29, 0.717) is 6.54 Å². The molecule has 0 spiro atoms. The maximum Gasteiger partial charge on any atom is 0.411 e. The Morgan fingerprint density at radius 1 is 1.36 bits per heavy atom. The molecule has 2 atom stereocenters. The van der Waals surface area contributed by atoms with Crippen molar-refractivity contribution in [1.29, 1.82) is 5.26 Å². The summed E-state index contributed by atoms with van der Waals surface area (Å²) >= 11 is 0. The van der Waals surface area contributed by atoms with Crippen LogP contribution in [0.2, 0.25) is 0 Å². The third-order valence-corrected chi connectivity index (χ3v) is 3.68. The van der Waals surface area contributed by atoms with E-state index in [2.05, 4.69) is 23.5 Å². The fraction of sp³-hybridized carbons (Fsp3) is 0.529. The van der Waals surface area contributed by atoms with Gasteiger partial charge in [0, 0.05) is 19.0 Å². The Labute approximate surface area is 131 Å². The first-order valence-electron chi connectivity index (χ1n) is 7.54. The van der Waals surface area contributed by atoms with Gasteiger partial charge in [0.15, 0.2) is 0 Å². The fourth-order valence-electron chi connectivity index (χ4n) is 2.75. The van der Waals surface area contributed by atoms with Crippen LogP contribution in [0.5, 0.6) is 0 Å². The lowest BCUT2D eigenvalue weighted by Gasteiger charge is -2.32. The predicted molar refractivity (Wildman–Crippen MR) is 84.4 cm³/mol. The van der Waals surface area contributed by atoms with Crippen molar-refractivity contribution in [3.63, 3.8) is 0 Å². The third kappa shape index (κ3) is 3.99. The van der Waals surface area contributed by atoms with Crippen molar-refractivity contribution in [2.24, 2.45) is 0 Å². The molecular weight excluding hydrogens is 278 g/mol. The number of carbonyl (C=O) groups excluding carboxylic acids is 1. The SMILES string of the molecule is CC(C)(C)OC(=O)N(CC#N)C1CNCC1c1ccccc1. The molecule has 0 radical (unpaired) electrons. The molecule has 1 N–H and O–H groups in total. The highest BCUT2D eigenvalue weighted by molar-refractivity contribution is 5.69. The Hall–Kier alpha value is -2.06. The van der Waals surface area contributed by atoms with Crippen LogP contribution in [0.15, 0.2) is 30.3 Å². The van der Waals surface area contributed by atoms with Crippen LogP contribution in [0.3, 0.4) is 0 Å². The van der Waals surface area contributed by atoms with Crippen molar-refractivity contribution in [3.05, 3.63) is 35.9 Å². The van der Waals surface area contributed by atoms with Crippen LogP contribution in [0.25, 0.3) is 0 Å². The second kappa shape index (κ2) is 6.80. The van der Waals surface area contributed by atoms with Crippen LogP contribution < -0.4 is 5.32 Å². The molecule has 5 nitrogen and oxygen atoms in total. The van der Waals surface area contributed by atoms with Gasteiger partial charge in [0.2, 0.25) is 0 Å². The fourth-order valence-corrected chi connectivity index (χ4v) is 2.75. The van der Waals surface area contributed by atoms with Gasteiger partial charge in [-0.15, -0.1) is 0 Å². The van der Waals surface area contributed by atoms with Gasteiger partial charge >= 0.3 is 6.09 Å². The van der Waals surface area contributed by atoms with Gasteiger partial charge in [-0.3, -0.25) is 4.90 Å². The predicted octanol–water partition coefficient (Wildman–Crippen LogP) is 2.50. The van der Waals surface area contributed by atoms with E-state index in [9.17, 15) is 4.79 Å². The van der Waals surface area contributed by atoms with Crippen molar-refractivity contribution in [3.8, 4) is 6.07 Å². The summed E-state index contributed by atoms with van der Waals surface area (Å²) in [5.74, 6) is 0.169. The Morgan fingerprint density at radius 2 is 2.05 bits per heavy atom. The molecule has 1 saturated heterocycles. The molecule has 1 aliphatic heterocycles. The Morgan fingerprint density at radius 3 is 2.64 bits per heavy atom. The summed E-state index contributed by atoms with van der Waals surface area (Å²) in [6.07, 6.45) is -0.427. The van der Waals surface area contributed by atoms with E-state index >= 15 is 0 Å². The molecule has 0 saturated carbocycles. The quantitative estimate of drug-likeness (QED) is 0.871. The summed E-state index contributed by atoms with van der Waals surface area (Å²) in [7, 11) is 0. The van der Waals surface area contributed by atoms with Gasteiger partial charge in [-0.2, -0.15) is 5.26 Å². The van der Waals surface area contributed by atoms with E-state index in [1.807, 2.05) is 39.0 Å². The number of amides is 1. The molecular formula is C17H23N3O2. The molecule has 2 unspecified atom stereocenters. The topological polar surface area (TPSA) is 65.4 Å². The minimum absolute atomic E-state index is 0.0323. The van der Waals surface area contributed by atoms with E-state index in [1.165, 1.54) is 5.56 Å². The summed E-state index contributed by atoms with van der Waals surface area (Å²) in [5, 5.41) is 12.4. The van der Waals surface area contributed by atoms with Gasteiger partial charge in [-0.1, -0.05) is 30.3 Å². The Bertz CT molecular complexity index is 545. The van der Waals surface area contributed by atoms with Crippen molar-refractivity contribution in [2.75, 3.05) is 19.6 Å². The molecule has 0 bridgehead atoms. The molecule has 0 aromatic heterocycles. The van der Waals surface area contributed by atoms with E-state index in [0.717, 1.165) is 6.54 Å². The molecule has 22 heavy (non-hydrogen) atoms. The molecule has 2 rings (SSSR count). The molecule has 1 heterocycles. The zero-order valence-corrected chi connectivity index (χ0v) is 13.4. The highest BCUT2D eigenvalue weighted by Gasteiger charge is 2.37. The van der Waals surface area contributed by atoms with Crippen molar-refractivity contribution >= 4 is 6.09 Å². The maximum atomic E-state index is 12.4. The third-order valence-electron chi connectivity index (χ3n) is 3.68. The van der Waals surface area contributed by atoms with Gasteiger partial charge in [0.25, 0.3) is 0 Å². The number of nitriles is 1. The first-order valence-corrected chi connectivity index (χ1v) is 7.54. The Kier molecular flexibility index (Phi) is 5.04. The molecule has 5 heteroatoms. The molecule has 1 aromatic rings. The average Bonchev–Trinajstić information content (AvgIpc) is 2.92. The number of nitrogens with zero attached hydrogens (tertiary/aromatic N) is 2. The average molecular weight is 301 g/mol. The minimum Gasteiger partial charge on any atom is -0.444 e. The second-order valence-electron chi connectivity index (χ2n) is 6.51. The second-order valence-corrected chi connectivity index (χ2v) is 6.51. The van der Waals surface area contributed by atoms with Crippen LogP contribution in [-0.4, -0.2) is 42.3 Å². The molecule has 1 amide bonds. The van der Waals surface area contributed by atoms with E-state index in [4.69, 9.17) is 10.00 Å². The van der Waals surface area contributed by atoms with Crippen LogP contribution in [-0.2, 0) is 4.74 Å². The number of benzene rings is 1. The molecule has 1 aliphatic rings. The Balaban J connectivity index is 2.20. The normalized spacial score (nSPS) is 21.2. The highest BCUT2D eigenvalue weighted by atomic mass is 16.6. The van der Waals surface area contributed by atoms with Crippen molar-refractivity contribution < 1.29 is 9.53 Å². The van der Waals surface area contributed by atoms with E-state index in [-0.39, 0.29) is 18.5 Å². The molecule has 0 aliphatic carbocycles. The zero-order chi connectivity index (χ0) is 16.2. The van der Waals surface area contributed by atoms with Crippen molar-refractivity contribution in [2.45, 2.75) is 38.3 Å². The van der Waals surface area contributed by atoms with Gasteiger partial charge < -0.3 is 10.1 Å². The van der Waals surface area contributed by atoms with Gasteiger partial charge in [0.05, 0.1) is 12.1 Å². The zero-order valence-electron chi connectivity index (χ0n) is 13.4. The van der Waals surface area contributed by atoms with Gasteiger partial charge in [-0.05, 0) is 26.3 Å². The summed E-state index contributed by atoms with van der Waals surface area (Å²) < 4.78 is 5.46. The summed E-state index contributed by atoms with van der Waals surface area (Å²) in [4.78, 5) is 14.0. The van der Waals surface area contributed by atoms with Crippen molar-refractivity contribution in [1.82, 2.24) is 10.2 Å². The first kappa shape index (κ1) is 16.3. The summed E-state index contributed by atoms with van der Waals surface area (Å²) in [6, 6.07) is 12.1. The number of rotatable bonds is 3. The lowest BCUT2D eigenvalue weighted by molar-refractivity contribution is 0.0193. The number of hydrogen-bond donors (Lipinski definition) is 1. The maximum absolute atomic E-state index is 12.4. The minimum atomic E-state index is -0.570. The van der Waals surface area contributed by atoms with Gasteiger partial charge in [0.1, 0.15) is 12.1 Å². The van der Waals surface area contributed by atoms with E-state index in [1.54, 1.807) is 4.90 Å². The molecule has 1 fully saturated rings. The first-order chi connectivity index (χ1) is 10.4. The highest BCUT2D eigenvalue weighted by Crippen LogP contribution is 2.27.